The molecule has 0 aromatic carbocycles. The fourth-order valence-corrected chi connectivity index (χ4v) is 3.30. The number of rotatable bonds is 8. The first-order chi connectivity index (χ1) is 6.24. The molecule has 2 unspecified atom stereocenters. The molecule has 0 aliphatic rings. The van der Waals surface area contributed by atoms with E-state index in [1.54, 1.807) is 0 Å². The molecule has 0 fully saturated rings. The van der Waals surface area contributed by atoms with Crippen molar-refractivity contribution in [3.8, 4) is 0 Å². The molecule has 0 radical (unpaired) electrons. The Bertz CT molecular complexity index is 106. The van der Waals surface area contributed by atoms with Gasteiger partial charge in [-0.05, 0) is 18.2 Å². The predicted octanol–water partition coefficient (Wildman–Crippen LogP) is 4.00. The van der Waals surface area contributed by atoms with Gasteiger partial charge in [-0.3, -0.25) is 0 Å². The van der Waals surface area contributed by atoms with Gasteiger partial charge in [0, 0.05) is 8.15 Å². The van der Waals surface area contributed by atoms with Crippen molar-refractivity contribution >= 4 is 8.15 Å². The third-order valence-electron chi connectivity index (χ3n) is 2.49. The molecule has 0 aromatic heterocycles. The Morgan fingerprint density at radius 3 is 2.31 bits per heavy atom. The summed E-state index contributed by atoms with van der Waals surface area (Å²) in [5.74, 6) is 0.780. The van der Waals surface area contributed by atoms with E-state index in [4.69, 9.17) is 0 Å². The number of hydrogen-bond acceptors (Lipinski definition) is 1. The van der Waals surface area contributed by atoms with E-state index >= 15 is 0 Å². The summed E-state index contributed by atoms with van der Waals surface area (Å²) in [5.41, 5.74) is 0. The van der Waals surface area contributed by atoms with Crippen molar-refractivity contribution in [2.75, 3.05) is 12.3 Å². The molecule has 0 heterocycles. The minimum Gasteiger partial charge on any atom is -0.374 e. The Kier molecular flexibility index (Phi) is 9.23. The summed E-state index contributed by atoms with van der Waals surface area (Å²) in [7, 11) is -0.642. The second-order valence-electron chi connectivity index (χ2n) is 3.83. The van der Waals surface area contributed by atoms with Crippen molar-refractivity contribution in [2.24, 2.45) is 5.92 Å². The third kappa shape index (κ3) is 7.46. The van der Waals surface area contributed by atoms with E-state index in [1.165, 1.54) is 25.7 Å². The maximum Gasteiger partial charge on any atom is 0.0254 e. The van der Waals surface area contributed by atoms with Crippen LogP contribution < -0.4 is 0 Å². The standard InChI is InChI=1S/C11H25OP/c1-4-7-8-11(6-3)10-13(12)9-5-2/h11-12H,4-10H2,1-3H3. The van der Waals surface area contributed by atoms with Crippen molar-refractivity contribution in [2.45, 2.75) is 52.9 Å². The van der Waals surface area contributed by atoms with E-state index in [0.29, 0.717) is 0 Å². The maximum absolute atomic E-state index is 9.71. The van der Waals surface area contributed by atoms with Gasteiger partial charge in [-0.1, -0.05) is 52.9 Å². The molecule has 0 saturated heterocycles. The highest BCUT2D eigenvalue weighted by Gasteiger charge is 2.11. The highest BCUT2D eigenvalue weighted by molar-refractivity contribution is 7.51. The molecule has 0 aliphatic heterocycles. The molecule has 13 heavy (non-hydrogen) atoms. The van der Waals surface area contributed by atoms with Crippen LogP contribution in [-0.2, 0) is 0 Å². The highest BCUT2D eigenvalue weighted by Crippen LogP contribution is 2.35. The number of hydrogen-bond donors (Lipinski definition) is 1. The highest BCUT2D eigenvalue weighted by atomic mass is 31.1. The van der Waals surface area contributed by atoms with Gasteiger partial charge < -0.3 is 4.89 Å². The van der Waals surface area contributed by atoms with Crippen LogP contribution in [0.25, 0.3) is 0 Å². The molecule has 1 nitrogen and oxygen atoms in total. The largest absolute Gasteiger partial charge is 0.374 e. The zero-order valence-corrected chi connectivity index (χ0v) is 10.3. The Morgan fingerprint density at radius 2 is 1.85 bits per heavy atom. The lowest BCUT2D eigenvalue weighted by molar-refractivity contribution is 0.483. The van der Waals surface area contributed by atoms with Crippen LogP contribution >= 0.6 is 8.15 Å². The molecular formula is C11H25OP. The summed E-state index contributed by atoms with van der Waals surface area (Å²) in [5, 5.41) is 0. The second kappa shape index (κ2) is 8.97. The van der Waals surface area contributed by atoms with Crippen LogP contribution in [-0.4, -0.2) is 17.2 Å². The molecular weight excluding hydrogens is 179 g/mol. The van der Waals surface area contributed by atoms with Gasteiger partial charge in [-0.2, -0.15) is 0 Å². The van der Waals surface area contributed by atoms with Crippen molar-refractivity contribution in [1.29, 1.82) is 0 Å². The monoisotopic (exact) mass is 204 g/mol. The Balaban J connectivity index is 3.56. The van der Waals surface area contributed by atoms with Gasteiger partial charge in [-0.25, -0.2) is 0 Å². The van der Waals surface area contributed by atoms with Gasteiger partial charge in [0.2, 0.25) is 0 Å². The Labute approximate surface area is 84.8 Å². The summed E-state index contributed by atoms with van der Waals surface area (Å²) in [6.07, 6.45) is 8.42. The van der Waals surface area contributed by atoms with Crippen LogP contribution in [0.5, 0.6) is 0 Å². The molecule has 2 atom stereocenters. The van der Waals surface area contributed by atoms with Gasteiger partial charge >= 0.3 is 0 Å². The minimum absolute atomic E-state index is 0.642. The summed E-state index contributed by atoms with van der Waals surface area (Å²) < 4.78 is 0. The quantitative estimate of drug-likeness (QED) is 0.592. The molecule has 0 amide bonds. The first kappa shape index (κ1) is 13.4. The van der Waals surface area contributed by atoms with E-state index in [9.17, 15) is 4.89 Å². The lowest BCUT2D eigenvalue weighted by Gasteiger charge is -2.17. The van der Waals surface area contributed by atoms with Crippen LogP contribution in [0.2, 0.25) is 0 Å². The van der Waals surface area contributed by atoms with Gasteiger partial charge in [0.1, 0.15) is 0 Å². The average molecular weight is 204 g/mol. The molecule has 0 saturated carbocycles. The van der Waals surface area contributed by atoms with Crippen LogP contribution in [0.1, 0.15) is 52.9 Å². The second-order valence-corrected chi connectivity index (χ2v) is 5.65. The molecule has 0 aromatic rings. The fourth-order valence-electron chi connectivity index (χ4n) is 1.56. The van der Waals surface area contributed by atoms with Crippen molar-refractivity contribution in [3.05, 3.63) is 0 Å². The van der Waals surface area contributed by atoms with Crippen LogP contribution in [0, 0.1) is 5.92 Å². The van der Waals surface area contributed by atoms with Crippen molar-refractivity contribution in [3.63, 3.8) is 0 Å². The Morgan fingerprint density at radius 1 is 1.15 bits per heavy atom. The first-order valence-electron chi connectivity index (χ1n) is 5.68. The van der Waals surface area contributed by atoms with E-state index in [1.807, 2.05) is 0 Å². The fraction of sp³-hybridized carbons (Fsp3) is 1.00. The Hall–Kier alpha value is 0.390. The van der Waals surface area contributed by atoms with Crippen LogP contribution in [0.3, 0.4) is 0 Å². The van der Waals surface area contributed by atoms with Gasteiger partial charge in [0.25, 0.3) is 0 Å². The summed E-state index contributed by atoms with van der Waals surface area (Å²) in [4.78, 5) is 9.71. The summed E-state index contributed by atoms with van der Waals surface area (Å²) >= 11 is 0. The molecule has 1 N–H and O–H groups in total. The number of unbranched alkanes of at least 4 members (excludes halogenated alkanes) is 1. The maximum atomic E-state index is 9.71. The van der Waals surface area contributed by atoms with Gasteiger partial charge in [0.15, 0.2) is 0 Å². The molecule has 0 rings (SSSR count). The van der Waals surface area contributed by atoms with E-state index in [0.717, 1.165) is 24.7 Å². The average Bonchev–Trinajstić information content (AvgIpc) is 2.12. The van der Waals surface area contributed by atoms with Crippen LogP contribution in [0.15, 0.2) is 0 Å². The smallest absolute Gasteiger partial charge is 0.0254 e. The topological polar surface area (TPSA) is 20.2 Å². The molecule has 0 spiro atoms. The molecule has 2 heteroatoms. The van der Waals surface area contributed by atoms with Crippen LogP contribution in [0.4, 0.5) is 0 Å². The summed E-state index contributed by atoms with van der Waals surface area (Å²) in [6, 6.07) is 0. The minimum atomic E-state index is -0.642. The van der Waals surface area contributed by atoms with E-state index in [2.05, 4.69) is 20.8 Å². The summed E-state index contributed by atoms with van der Waals surface area (Å²) in [6.45, 7) is 6.63. The zero-order valence-electron chi connectivity index (χ0n) is 9.42. The predicted molar refractivity (Wildman–Crippen MR) is 62.5 cm³/mol. The molecule has 0 bridgehead atoms. The van der Waals surface area contributed by atoms with Gasteiger partial charge in [0.05, 0.1) is 0 Å². The van der Waals surface area contributed by atoms with Gasteiger partial charge in [-0.15, -0.1) is 0 Å². The molecule has 80 valence electrons. The zero-order chi connectivity index (χ0) is 10.1. The SMILES string of the molecule is CCCCC(CC)CP(O)CCC. The lowest BCUT2D eigenvalue weighted by Crippen LogP contribution is -2.05. The molecule has 0 aliphatic carbocycles. The van der Waals surface area contributed by atoms with E-state index < -0.39 is 8.15 Å². The third-order valence-corrected chi connectivity index (χ3v) is 4.40. The van der Waals surface area contributed by atoms with Crippen molar-refractivity contribution < 1.29 is 4.89 Å². The van der Waals surface area contributed by atoms with E-state index in [-0.39, 0.29) is 0 Å². The normalized spacial score (nSPS) is 15.7. The van der Waals surface area contributed by atoms with Crippen molar-refractivity contribution in [1.82, 2.24) is 0 Å². The first-order valence-corrected chi connectivity index (χ1v) is 7.34. The lowest BCUT2D eigenvalue weighted by atomic mass is 10.0.